The molecule has 0 aliphatic carbocycles. The van der Waals surface area contributed by atoms with E-state index >= 15 is 0 Å². The van der Waals surface area contributed by atoms with E-state index in [0.29, 0.717) is 13.1 Å². The van der Waals surface area contributed by atoms with Crippen LogP contribution in [-0.2, 0) is 4.79 Å². The van der Waals surface area contributed by atoms with E-state index in [1.54, 1.807) is 0 Å². The van der Waals surface area contributed by atoms with Crippen LogP contribution >= 0.6 is 0 Å². The second kappa shape index (κ2) is 7.29. The number of likely N-dealkylation sites (tertiary alicyclic amines) is 1. The first-order chi connectivity index (χ1) is 8.13. The summed E-state index contributed by atoms with van der Waals surface area (Å²) in [6.45, 7) is 4.79. The molecule has 1 heterocycles. The molecule has 1 amide bonds. The number of hydrogen-bond acceptors (Lipinski definition) is 3. The number of carbonyl (C=O) groups excluding carboxylic acids is 1. The van der Waals surface area contributed by atoms with Gasteiger partial charge in [-0.1, -0.05) is 12.8 Å². The van der Waals surface area contributed by atoms with Crippen LogP contribution < -0.4 is 0 Å². The van der Waals surface area contributed by atoms with Gasteiger partial charge in [-0.3, -0.25) is 9.69 Å². The largest absolute Gasteiger partial charge is 0.342 e. The molecule has 0 aromatic carbocycles. The highest BCUT2D eigenvalue weighted by atomic mass is 16.2. The highest BCUT2D eigenvalue weighted by Gasteiger charge is 2.17. The summed E-state index contributed by atoms with van der Waals surface area (Å²) in [5, 5.41) is 8.73. The molecule has 0 aromatic heterocycles. The lowest BCUT2D eigenvalue weighted by molar-refractivity contribution is -0.132. The second-order valence-electron chi connectivity index (χ2n) is 5.02. The predicted molar refractivity (Wildman–Crippen MR) is 67.3 cm³/mol. The van der Waals surface area contributed by atoms with Gasteiger partial charge in [0.15, 0.2) is 0 Å². The number of nitriles is 1. The number of hydrogen-bond donors (Lipinski definition) is 0. The van der Waals surface area contributed by atoms with E-state index in [4.69, 9.17) is 5.26 Å². The minimum atomic E-state index is -0.0167. The predicted octanol–water partition coefficient (Wildman–Crippen LogP) is 1.48. The zero-order valence-electron chi connectivity index (χ0n) is 11.0. The molecule has 4 heteroatoms. The molecule has 0 bridgehead atoms. The van der Waals surface area contributed by atoms with Gasteiger partial charge >= 0.3 is 0 Å². The summed E-state index contributed by atoms with van der Waals surface area (Å²) in [6.07, 6.45) is 4.74. The minimum Gasteiger partial charge on any atom is -0.342 e. The first-order valence-electron chi connectivity index (χ1n) is 6.49. The molecular formula is C13H23N3O. The molecule has 1 atom stereocenters. The highest BCUT2D eigenvalue weighted by Crippen LogP contribution is 2.10. The van der Waals surface area contributed by atoms with Crippen molar-refractivity contribution in [2.45, 2.75) is 32.6 Å². The standard InChI is InChI=1S/C13H23N3O/c1-12(9-14)10-15(2)11-13(17)16-7-5-3-4-6-8-16/h12H,3-8,10-11H2,1-2H3. The summed E-state index contributed by atoms with van der Waals surface area (Å²) in [4.78, 5) is 16.0. The third-order valence-electron chi connectivity index (χ3n) is 3.17. The molecule has 0 saturated carbocycles. The van der Waals surface area contributed by atoms with Crippen LogP contribution in [0.5, 0.6) is 0 Å². The Morgan fingerprint density at radius 2 is 1.94 bits per heavy atom. The number of amides is 1. The van der Waals surface area contributed by atoms with E-state index < -0.39 is 0 Å². The van der Waals surface area contributed by atoms with Crippen LogP contribution in [0.4, 0.5) is 0 Å². The van der Waals surface area contributed by atoms with Crippen LogP contribution in [0.3, 0.4) is 0 Å². The average molecular weight is 237 g/mol. The maximum absolute atomic E-state index is 12.0. The molecule has 0 aromatic rings. The van der Waals surface area contributed by atoms with Crippen molar-refractivity contribution >= 4 is 5.91 Å². The highest BCUT2D eigenvalue weighted by molar-refractivity contribution is 5.78. The second-order valence-corrected chi connectivity index (χ2v) is 5.02. The maximum atomic E-state index is 12.0. The van der Waals surface area contributed by atoms with E-state index in [0.717, 1.165) is 25.9 Å². The summed E-state index contributed by atoms with van der Waals surface area (Å²) in [5.41, 5.74) is 0. The summed E-state index contributed by atoms with van der Waals surface area (Å²) < 4.78 is 0. The van der Waals surface area contributed by atoms with Crippen LogP contribution in [0.2, 0.25) is 0 Å². The molecule has 1 saturated heterocycles. The first-order valence-corrected chi connectivity index (χ1v) is 6.49. The molecule has 1 rings (SSSR count). The Bertz CT molecular complexity index is 277. The minimum absolute atomic E-state index is 0.0167. The summed E-state index contributed by atoms with van der Waals surface area (Å²) in [6, 6.07) is 2.19. The van der Waals surface area contributed by atoms with Gasteiger partial charge in [0.25, 0.3) is 0 Å². The van der Waals surface area contributed by atoms with E-state index in [-0.39, 0.29) is 11.8 Å². The van der Waals surface area contributed by atoms with Crippen molar-refractivity contribution in [3.05, 3.63) is 0 Å². The molecule has 96 valence electrons. The molecule has 0 spiro atoms. The van der Waals surface area contributed by atoms with Gasteiger partial charge in [-0.15, -0.1) is 0 Å². The van der Waals surface area contributed by atoms with Crippen molar-refractivity contribution in [2.75, 3.05) is 33.2 Å². The van der Waals surface area contributed by atoms with E-state index in [9.17, 15) is 4.79 Å². The van der Waals surface area contributed by atoms with Crippen molar-refractivity contribution in [3.8, 4) is 6.07 Å². The van der Waals surface area contributed by atoms with Gasteiger partial charge in [-0.05, 0) is 26.8 Å². The molecule has 1 aliphatic heterocycles. The Balaban J connectivity index is 2.34. The van der Waals surface area contributed by atoms with Crippen molar-refractivity contribution in [1.29, 1.82) is 5.26 Å². The fraction of sp³-hybridized carbons (Fsp3) is 0.846. The molecule has 4 nitrogen and oxygen atoms in total. The third-order valence-corrected chi connectivity index (χ3v) is 3.17. The smallest absolute Gasteiger partial charge is 0.236 e. The van der Waals surface area contributed by atoms with Crippen LogP contribution in [0.25, 0.3) is 0 Å². The first kappa shape index (κ1) is 14.0. The lowest BCUT2D eigenvalue weighted by Gasteiger charge is -2.24. The van der Waals surface area contributed by atoms with E-state index in [1.165, 1.54) is 12.8 Å². The third kappa shape index (κ3) is 5.18. The fourth-order valence-electron chi connectivity index (χ4n) is 2.22. The van der Waals surface area contributed by atoms with Crippen LogP contribution in [-0.4, -0.2) is 48.9 Å². The van der Waals surface area contributed by atoms with Crippen molar-refractivity contribution in [1.82, 2.24) is 9.80 Å². The Hall–Kier alpha value is -1.08. The van der Waals surface area contributed by atoms with Crippen molar-refractivity contribution in [2.24, 2.45) is 5.92 Å². The average Bonchev–Trinajstić information content (AvgIpc) is 2.57. The van der Waals surface area contributed by atoms with E-state index in [2.05, 4.69) is 6.07 Å². The molecular weight excluding hydrogens is 214 g/mol. The van der Waals surface area contributed by atoms with Crippen LogP contribution in [0.15, 0.2) is 0 Å². The number of carbonyl (C=O) groups is 1. The SMILES string of the molecule is CC(C#N)CN(C)CC(=O)N1CCCCCC1. The lowest BCUT2D eigenvalue weighted by atomic mass is 10.2. The Morgan fingerprint density at radius 1 is 1.35 bits per heavy atom. The Morgan fingerprint density at radius 3 is 2.47 bits per heavy atom. The number of likely N-dealkylation sites (N-methyl/N-ethyl adjacent to an activating group) is 1. The van der Waals surface area contributed by atoms with Gasteiger partial charge in [0.2, 0.25) is 5.91 Å². The molecule has 1 unspecified atom stereocenters. The van der Waals surface area contributed by atoms with Gasteiger partial charge in [0.1, 0.15) is 0 Å². The Kier molecular flexibility index (Phi) is 5.99. The monoisotopic (exact) mass is 237 g/mol. The molecule has 0 N–H and O–H groups in total. The molecule has 0 radical (unpaired) electrons. The van der Waals surface area contributed by atoms with Crippen molar-refractivity contribution < 1.29 is 4.79 Å². The topological polar surface area (TPSA) is 47.3 Å². The van der Waals surface area contributed by atoms with Gasteiger partial charge in [0, 0.05) is 19.6 Å². The zero-order valence-corrected chi connectivity index (χ0v) is 11.0. The molecule has 1 aliphatic rings. The van der Waals surface area contributed by atoms with Gasteiger partial charge in [-0.25, -0.2) is 0 Å². The molecule has 1 fully saturated rings. The normalized spacial score (nSPS) is 18.6. The summed E-state index contributed by atoms with van der Waals surface area (Å²) >= 11 is 0. The zero-order chi connectivity index (χ0) is 12.7. The van der Waals surface area contributed by atoms with Gasteiger partial charge in [-0.2, -0.15) is 5.26 Å². The quantitative estimate of drug-likeness (QED) is 0.744. The fourth-order valence-corrected chi connectivity index (χ4v) is 2.22. The summed E-state index contributed by atoms with van der Waals surface area (Å²) in [5.74, 6) is 0.191. The summed E-state index contributed by atoms with van der Waals surface area (Å²) in [7, 11) is 1.91. The van der Waals surface area contributed by atoms with Crippen LogP contribution in [0.1, 0.15) is 32.6 Å². The van der Waals surface area contributed by atoms with Crippen molar-refractivity contribution in [3.63, 3.8) is 0 Å². The van der Waals surface area contributed by atoms with Crippen LogP contribution in [0, 0.1) is 17.2 Å². The van der Waals surface area contributed by atoms with Gasteiger partial charge in [0.05, 0.1) is 18.5 Å². The molecule has 17 heavy (non-hydrogen) atoms. The van der Waals surface area contributed by atoms with Gasteiger partial charge < -0.3 is 4.90 Å². The van der Waals surface area contributed by atoms with E-state index in [1.807, 2.05) is 23.8 Å². The lowest BCUT2D eigenvalue weighted by Crippen LogP contribution is -2.40. The number of rotatable bonds is 4. The maximum Gasteiger partial charge on any atom is 0.236 e. The Labute approximate surface area is 104 Å². The number of nitrogens with zero attached hydrogens (tertiary/aromatic N) is 3.